The van der Waals surface area contributed by atoms with E-state index in [2.05, 4.69) is 19.9 Å². The number of hydrogen-bond acceptors (Lipinski definition) is 1. The van der Waals surface area contributed by atoms with Crippen molar-refractivity contribution in [1.82, 2.24) is 0 Å². The number of nitrogens with two attached hydrogens (primary N) is 1. The third kappa shape index (κ3) is 3.22. The fraction of sp³-hybridized carbons (Fsp3) is 0.400. The number of rotatable bonds is 0. The zero-order valence-electron chi connectivity index (χ0n) is 8.39. The molecular formula is C10H14NW2-. The summed E-state index contributed by atoms with van der Waals surface area (Å²) in [4.78, 5) is 0. The van der Waals surface area contributed by atoms with E-state index in [9.17, 15) is 0 Å². The quantitative estimate of drug-likeness (QED) is 0.416. The molecule has 0 atom stereocenters. The molecule has 1 aromatic rings. The first kappa shape index (κ1) is 15.9. The Hall–Kier alpha value is 0.397. The SMILES string of the molecule is Cc1[c-]c(N)c(C)c(C)c1C.[W].[W]. The van der Waals surface area contributed by atoms with Crippen molar-refractivity contribution in [2.45, 2.75) is 27.7 Å². The van der Waals surface area contributed by atoms with Gasteiger partial charge in [-0.25, -0.2) is 0 Å². The standard InChI is InChI=1S/C10H14N.2W/c1-6-5-10(11)9(4)8(3)7(6)2;;/h11H2,1-4H3;;/q-1;;. The Bertz CT molecular complexity index is 269. The molecule has 72 valence electrons. The van der Waals surface area contributed by atoms with Crippen LogP contribution in [-0.4, -0.2) is 0 Å². The van der Waals surface area contributed by atoms with Crippen LogP contribution >= 0.6 is 0 Å². The van der Waals surface area contributed by atoms with Gasteiger partial charge in [-0.1, -0.05) is 33.4 Å². The molecule has 1 aromatic carbocycles. The van der Waals surface area contributed by atoms with Crippen molar-refractivity contribution < 1.29 is 42.1 Å². The average Bonchev–Trinajstić information content (AvgIpc) is 1.97. The molecule has 0 saturated heterocycles. The van der Waals surface area contributed by atoms with Gasteiger partial charge in [-0.3, -0.25) is 0 Å². The number of aryl methyl sites for hydroxylation is 1. The van der Waals surface area contributed by atoms with Crippen LogP contribution in [-0.2, 0) is 42.1 Å². The number of hydrogen-bond donors (Lipinski definition) is 1. The predicted octanol–water partition coefficient (Wildman–Crippen LogP) is 2.30. The number of nitrogen functional groups attached to an aromatic ring is 1. The van der Waals surface area contributed by atoms with Gasteiger partial charge in [0.15, 0.2) is 0 Å². The molecule has 0 aromatic heterocycles. The first-order chi connectivity index (χ1) is 5.04. The maximum atomic E-state index is 5.73. The van der Waals surface area contributed by atoms with Crippen molar-refractivity contribution in [3.63, 3.8) is 0 Å². The average molecular weight is 516 g/mol. The van der Waals surface area contributed by atoms with Gasteiger partial charge in [0.05, 0.1) is 0 Å². The second kappa shape index (κ2) is 5.99. The largest absolute Gasteiger partial charge is 0.420 e. The van der Waals surface area contributed by atoms with Crippen molar-refractivity contribution in [2.75, 3.05) is 5.73 Å². The fourth-order valence-corrected chi connectivity index (χ4v) is 1.15. The van der Waals surface area contributed by atoms with Crippen LogP contribution in [0.1, 0.15) is 22.3 Å². The van der Waals surface area contributed by atoms with E-state index in [4.69, 9.17) is 5.73 Å². The summed E-state index contributed by atoms with van der Waals surface area (Å²) in [6.07, 6.45) is 0. The summed E-state index contributed by atoms with van der Waals surface area (Å²) in [5.41, 5.74) is 11.4. The topological polar surface area (TPSA) is 26.0 Å². The minimum atomic E-state index is 0. The second-order valence-corrected chi connectivity index (χ2v) is 3.04. The Balaban J connectivity index is 0. The summed E-state index contributed by atoms with van der Waals surface area (Å²) in [7, 11) is 0. The van der Waals surface area contributed by atoms with Gasteiger partial charge >= 0.3 is 0 Å². The van der Waals surface area contributed by atoms with E-state index in [-0.39, 0.29) is 42.1 Å². The first-order valence-electron chi connectivity index (χ1n) is 3.79. The van der Waals surface area contributed by atoms with Crippen LogP contribution in [0.2, 0.25) is 0 Å². The molecule has 0 fully saturated rings. The van der Waals surface area contributed by atoms with Crippen LogP contribution in [0.15, 0.2) is 0 Å². The minimum Gasteiger partial charge on any atom is -0.420 e. The Morgan fingerprint density at radius 2 is 1.31 bits per heavy atom. The summed E-state index contributed by atoms with van der Waals surface area (Å²) in [5, 5.41) is 0. The molecule has 0 aliphatic rings. The van der Waals surface area contributed by atoms with Gasteiger partial charge in [0.1, 0.15) is 0 Å². The monoisotopic (exact) mass is 516 g/mol. The Morgan fingerprint density at radius 3 is 1.77 bits per heavy atom. The molecule has 13 heavy (non-hydrogen) atoms. The molecule has 2 N–H and O–H groups in total. The Kier molecular flexibility index (Phi) is 7.30. The fourth-order valence-electron chi connectivity index (χ4n) is 1.15. The van der Waals surface area contributed by atoms with E-state index in [1.54, 1.807) is 0 Å². The van der Waals surface area contributed by atoms with Crippen molar-refractivity contribution in [3.8, 4) is 0 Å². The zero-order chi connectivity index (χ0) is 8.59. The van der Waals surface area contributed by atoms with Crippen molar-refractivity contribution in [1.29, 1.82) is 0 Å². The molecule has 0 aliphatic carbocycles. The molecule has 0 amide bonds. The summed E-state index contributed by atoms with van der Waals surface area (Å²) < 4.78 is 0. The van der Waals surface area contributed by atoms with Crippen molar-refractivity contribution in [2.24, 2.45) is 0 Å². The van der Waals surface area contributed by atoms with E-state index in [1.807, 2.05) is 13.8 Å². The molecule has 1 rings (SSSR count). The summed E-state index contributed by atoms with van der Waals surface area (Å²) in [6.45, 7) is 8.28. The molecule has 3 heteroatoms. The van der Waals surface area contributed by atoms with Crippen LogP contribution in [0, 0.1) is 33.8 Å². The van der Waals surface area contributed by atoms with Gasteiger partial charge in [-0.05, 0) is 0 Å². The van der Waals surface area contributed by atoms with E-state index in [0.717, 1.165) is 16.8 Å². The normalized spacial score (nSPS) is 8.62. The van der Waals surface area contributed by atoms with Gasteiger partial charge in [0.25, 0.3) is 0 Å². The molecule has 0 aliphatic heterocycles. The van der Waals surface area contributed by atoms with E-state index in [1.165, 1.54) is 11.1 Å². The van der Waals surface area contributed by atoms with E-state index < -0.39 is 0 Å². The van der Waals surface area contributed by atoms with Crippen LogP contribution in [0.25, 0.3) is 0 Å². The van der Waals surface area contributed by atoms with Gasteiger partial charge in [0, 0.05) is 42.1 Å². The summed E-state index contributed by atoms with van der Waals surface area (Å²) in [5.74, 6) is 0. The molecule has 0 heterocycles. The Morgan fingerprint density at radius 1 is 0.846 bits per heavy atom. The number of benzene rings is 1. The van der Waals surface area contributed by atoms with Crippen molar-refractivity contribution in [3.05, 3.63) is 28.3 Å². The van der Waals surface area contributed by atoms with Gasteiger partial charge in [0.2, 0.25) is 0 Å². The number of anilines is 1. The maximum Gasteiger partial charge on any atom is 0 e. The van der Waals surface area contributed by atoms with Gasteiger partial charge < -0.3 is 5.73 Å². The van der Waals surface area contributed by atoms with Gasteiger partial charge in [-0.15, -0.1) is 5.56 Å². The van der Waals surface area contributed by atoms with Crippen LogP contribution in [0.4, 0.5) is 5.69 Å². The van der Waals surface area contributed by atoms with Crippen molar-refractivity contribution >= 4 is 5.69 Å². The molecule has 0 radical (unpaired) electrons. The first-order valence-corrected chi connectivity index (χ1v) is 3.79. The third-order valence-corrected chi connectivity index (χ3v) is 2.41. The Labute approximate surface area is 109 Å². The maximum absolute atomic E-state index is 5.73. The molecule has 0 bridgehead atoms. The molecule has 0 saturated carbocycles. The molecule has 1 nitrogen and oxygen atoms in total. The minimum absolute atomic E-state index is 0. The summed E-state index contributed by atoms with van der Waals surface area (Å²) >= 11 is 0. The van der Waals surface area contributed by atoms with E-state index >= 15 is 0 Å². The van der Waals surface area contributed by atoms with Crippen LogP contribution < -0.4 is 5.73 Å². The molecule has 0 spiro atoms. The van der Waals surface area contributed by atoms with E-state index in [0.29, 0.717) is 0 Å². The smallest absolute Gasteiger partial charge is 0 e. The molecular weight excluding hydrogens is 502 g/mol. The summed E-state index contributed by atoms with van der Waals surface area (Å²) in [6, 6.07) is 3.13. The second-order valence-electron chi connectivity index (χ2n) is 3.04. The predicted molar refractivity (Wildman–Crippen MR) is 48.6 cm³/mol. The molecule has 0 unspecified atom stereocenters. The zero-order valence-corrected chi connectivity index (χ0v) is 14.3. The van der Waals surface area contributed by atoms with Crippen LogP contribution in [0.3, 0.4) is 0 Å². The van der Waals surface area contributed by atoms with Crippen LogP contribution in [0.5, 0.6) is 0 Å². The van der Waals surface area contributed by atoms with Gasteiger partial charge in [-0.2, -0.15) is 22.8 Å². The third-order valence-electron chi connectivity index (χ3n) is 2.41.